The molecule has 0 aliphatic carbocycles. The Labute approximate surface area is 151 Å². The Hall–Kier alpha value is -2.66. The molecule has 1 aliphatic rings. The topological polar surface area (TPSA) is 56.3 Å². The minimum absolute atomic E-state index is 0.0828. The lowest BCUT2D eigenvalue weighted by atomic mass is 9.98. The minimum Gasteiger partial charge on any atom is -0.396 e. The van der Waals surface area contributed by atoms with Gasteiger partial charge in [-0.05, 0) is 35.7 Å². The number of hydrogen-bond acceptors (Lipinski definition) is 2. The van der Waals surface area contributed by atoms with E-state index in [1.165, 1.54) is 12.1 Å². The van der Waals surface area contributed by atoms with E-state index in [1.807, 2.05) is 30.3 Å². The van der Waals surface area contributed by atoms with Gasteiger partial charge < -0.3 is 15.0 Å². The summed E-state index contributed by atoms with van der Waals surface area (Å²) in [5.74, 6) is 0.0118. The standard InChI is InChI=1S/C21H21FN2O2/c22-16-6-8-19-18(10-16)17(21(23-19)15-4-2-1-3-5-15)7-9-20(26)24-11-14(12-24)13-25/h1-6,8,10,14,23,25H,7,9,11-13H2. The Morgan fingerprint density at radius 2 is 1.96 bits per heavy atom. The molecule has 1 aliphatic heterocycles. The fourth-order valence-corrected chi connectivity index (χ4v) is 3.61. The summed E-state index contributed by atoms with van der Waals surface area (Å²) < 4.78 is 13.8. The highest BCUT2D eigenvalue weighted by atomic mass is 19.1. The maximum atomic E-state index is 13.8. The molecule has 0 bridgehead atoms. The molecule has 2 N–H and O–H groups in total. The number of H-pyrrole nitrogens is 1. The molecular formula is C21H21FN2O2. The minimum atomic E-state index is -0.280. The average Bonchev–Trinajstić information content (AvgIpc) is 2.97. The first-order valence-electron chi connectivity index (χ1n) is 8.90. The van der Waals surface area contributed by atoms with E-state index in [4.69, 9.17) is 5.11 Å². The lowest BCUT2D eigenvalue weighted by molar-refractivity contribution is -0.138. The van der Waals surface area contributed by atoms with Crippen LogP contribution in [0.25, 0.3) is 22.2 Å². The summed E-state index contributed by atoms with van der Waals surface area (Å²) in [4.78, 5) is 17.5. The second-order valence-electron chi connectivity index (χ2n) is 6.88. The predicted molar refractivity (Wildman–Crippen MR) is 99.2 cm³/mol. The van der Waals surface area contributed by atoms with Crippen molar-refractivity contribution in [2.24, 2.45) is 5.92 Å². The lowest BCUT2D eigenvalue weighted by Crippen LogP contribution is -2.51. The first-order valence-corrected chi connectivity index (χ1v) is 8.90. The number of hydrogen-bond donors (Lipinski definition) is 2. The highest BCUT2D eigenvalue weighted by Crippen LogP contribution is 2.32. The van der Waals surface area contributed by atoms with Gasteiger partial charge in [-0.1, -0.05) is 30.3 Å². The highest BCUT2D eigenvalue weighted by molar-refractivity contribution is 5.91. The van der Waals surface area contributed by atoms with Crippen LogP contribution in [0.1, 0.15) is 12.0 Å². The van der Waals surface area contributed by atoms with E-state index >= 15 is 0 Å². The molecule has 0 unspecified atom stereocenters. The van der Waals surface area contributed by atoms with Gasteiger partial charge in [0.25, 0.3) is 0 Å². The number of benzene rings is 2. The maximum Gasteiger partial charge on any atom is 0.222 e. The number of likely N-dealkylation sites (tertiary alicyclic amines) is 1. The number of aromatic amines is 1. The van der Waals surface area contributed by atoms with Gasteiger partial charge in [0.1, 0.15) is 5.82 Å². The van der Waals surface area contributed by atoms with Gasteiger partial charge >= 0.3 is 0 Å². The van der Waals surface area contributed by atoms with Gasteiger partial charge in [-0.2, -0.15) is 0 Å². The van der Waals surface area contributed by atoms with Crippen LogP contribution in [0.5, 0.6) is 0 Å². The molecule has 2 heterocycles. The van der Waals surface area contributed by atoms with Gasteiger partial charge in [-0.25, -0.2) is 4.39 Å². The monoisotopic (exact) mass is 352 g/mol. The lowest BCUT2D eigenvalue weighted by Gasteiger charge is -2.38. The molecule has 0 atom stereocenters. The Bertz CT molecular complexity index is 930. The first kappa shape index (κ1) is 16.8. The molecule has 5 heteroatoms. The number of carbonyl (C=O) groups is 1. The van der Waals surface area contributed by atoms with Crippen LogP contribution in [0.2, 0.25) is 0 Å². The van der Waals surface area contributed by atoms with Crippen LogP contribution >= 0.6 is 0 Å². The molecule has 26 heavy (non-hydrogen) atoms. The Balaban J connectivity index is 1.62. The molecule has 2 aromatic carbocycles. The van der Waals surface area contributed by atoms with Gasteiger partial charge in [0.05, 0.1) is 0 Å². The second-order valence-corrected chi connectivity index (χ2v) is 6.88. The van der Waals surface area contributed by atoms with Crippen LogP contribution in [0.4, 0.5) is 4.39 Å². The molecule has 0 saturated carbocycles. The summed E-state index contributed by atoms with van der Waals surface area (Å²) in [6.07, 6.45) is 0.925. The van der Waals surface area contributed by atoms with E-state index in [9.17, 15) is 9.18 Å². The number of rotatable bonds is 5. The fourth-order valence-electron chi connectivity index (χ4n) is 3.61. The van der Waals surface area contributed by atoms with Crippen molar-refractivity contribution in [2.75, 3.05) is 19.7 Å². The molecular weight excluding hydrogens is 331 g/mol. The third kappa shape index (κ3) is 3.10. The second kappa shape index (κ2) is 6.92. The number of aliphatic hydroxyl groups is 1. The van der Waals surface area contributed by atoms with Crippen molar-refractivity contribution in [3.63, 3.8) is 0 Å². The molecule has 134 valence electrons. The van der Waals surface area contributed by atoms with E-state index in [-0.39, 0.29) is 24.2 Å². The molecule has 3 aromatic rings. The number of carbonyl (C=O) groups excluding carboxylic acids is 1. The molecule has 0 spiro atoms. The number of nitrogens with one attached hydrogen (secondary N) is 1. The van der Waals surface area contributed by atoms with Crippen molar-refractivity contribution in [3.05, 3.63) is 59.9 Å². The van der Waals surface area contributed by atoms with Crippen LogP contribution in [-0.4, -0.2) is 40.6 Å². The number of fused-ring (bicyclic) bond motifs is 1. The number of halogens is 1. The van der Waals surface area contributed by atoms with Crippen LogP contribution in [0, 0.1) is 11.7 Å². The molecule has 1 amide bonds. The molecule has 1 fully saturated rings. The molecule has 1 saturated heterocycles. The number of amides is 1. The molecule has 4 rings (SSSR count). The zero-order chi connectivity index (χ0) is 18.1. The summed E-state index contributed by atoms with van der Waals surface area (Å²) in [7, 11) is 0. The zero-order valence-corrected chi connectivity index (χ0v) is 14.4. The SMILES string of the molecule is O=C(CCc1c(-c2ccccc2)[nH]c2ccc(F)cc12)N1CC(CO)C1. The summed E-state index contributed by atoms with van der Waals surface area (Å²) in [6, 6.07) is 14.6. The number of aryl methyl sites for hydroxylation is 1. The van der Waals surface area contributed by atoms with Gasteiger partial charge in [0.2, 0.25) is 5.91 Å². The largest absolute Gasteiger partial charge is 0.396 e. The van der Waals surface area contributed by atoms with E-state index in [2.05, 4.69) is 4.98 Å². The highest BCUT2D eigenvalue weighted by Gasteiger charge is 2.29. The van der Waals surface area contributed by atoms with Crippen LogP contribution in [-0.2, 0) is 11.2 Å². The third-order valence-corrected chi connectivity index (χ3v) is 5.09. The fraction of sp³-hybridized carbons (Fsp3) is 0.286. The average molecular weight is 352 g/mol. The van der Waals surface area contributed by atoms with Crippen molar-refractivity contribution in [3.8, 4) is 11.3 Å². The van der Waals surface area contributed by atoms with E-state index < -0.39 is 0 Å². The summed E-state index contributed by atoms with van der Waals surface area (Å²) in [5.41, 5.74) is 3.81. The van der Waals surface area contributed by atoms with Gasteiger partial charge in [-0.3, -0.25) is 4.79 Å². The number of nitrogens with zero attached hydrogens (tertiary/aromatic N) is 1. The van der Waals surface area contributed by atoms with E-state index in [0.29, 0.717) is 25.9 Å². The van der Waals surface area contributed by atoms with Crippen molar-refractivity contribution < 1.29 is 14.3 Å². The van der Waals surface area contributed by atoms with Crippen LogP contribution in [0.3, 0.4) is 0 Å². The Morgan fingerprint density at radius 3 is 2.69 bits per heavy atom. The van der Waals surface area contributed by atoms with Crippen molar-refractivity contribution in [1.29, 1.82) is 0 Å². The van der Waals surface area contributed by atoms with Gasteiger partial charge in [0, 0.05) is 48.6 Å². The van der Waals surface area contributed by atoms with Crippen LogP contribution < -0.4 is 0 Å². The number of aliphatic hydroxyl groups excluding tert-OH is 1. The summed E-state index contributed by atoms with van der Waals surface area (Å²) >= 11 is 0. The smallest absolute Gasteiger partial charge is 0.222 e. The molecule has 0 radical (unpaired) electrons. The van der Waals surface area contributed by atoms with Crippen LogP contribution in [0.15, 0.2) is 48.5 Å². The predicted octanol–water partition coefficient (Wildman–Crippen LogP) is 3.36. The van der Waals surface area contributed by atoms with Gasteiger partial charge in [0.15, 0.2) is 0 Å². The van der Waals surface area contributed by atoms with E-state index in [1.54, 1.807) is 11.0 Å². The van der Waals surface area contributed by atoms with Crippen molar-refractivity contribution in [2.45, 2.75) is 12.8 Å². The van der Waals surface area contributed by atoms with E-state index in [0.717, 1.165) is 27.7 Å². The Kier molecular flexibility index (Phi) is 4.47. The summed E-state index contributed by atoms with van der Waals surface area (Å²) in [5, 5.41) is 9.92. The zero-order valence-electron chi connectivity index (χ0n) is 14.4. The third-order valence-electron chi connectivity index (χ3n) is 5.09. The maximum absolute atomic E-state index is 13.8. The normalized spacial score (nSPS) is 14.6. The number of aromatic nitrogens is 1. The molecule has 1 aromatic heterocycles. The first-order chi connectivity index (χ1) is 12.7. The quantitative estimate of drug-likeness (QED) is 0.740. The van der Waals surface area contributed by atoms with Crippen molar-refractivity contribution in [1.82, 2.24) is 9.88 Å². The Morgan fingerprint density at radius 1 is 1.19 bits per heavy atom. The molecule has 4 nitrogen and oxygen atoms in total. The summed E-state index contributed by atoms with van der Waals surface area (Å²) in [6.45, 7) is 1.39. The van der Waals surface area contributed by atoms with Crippen molar-refractivity contribution >= 4 is 16.8 Å². The van der Waals surface area contributed by atoms with Gasteiger partial charge in [-0.15, -0.1) is 0 Å².